The van der Waals surface area contributed by atoms with E-state index >= 15 is 0 Å². The molecular weight excluding hydrogens is 396 g/mol. The predicted octanol–water partition coefficient (Wildman–Crippen LogP) is 4.58. The Kier molecular flexibility index (Phi) is 7.77. The Morgan fingerprint density at radius 3 is 2.43 bits per heavy atom. The highest BCUT2D eigenvalue weighted by Crippen LogP contribution is 2.20. The van der Waals surface area contributed by atoms with Crippen molar-refractivity contribution in [2.45, 2.75) is 38.3 Å². The van der Waals surface area contributed by atoms with Gasteiger partial charge in [-0.15, -0.1) is 11.8 Å². The second-order valence-electron chi connectivity index (χ2n) is 6.46. The molecule has 2 aromatic rings. The molecule has 0 saturated carbocycles. The van der Waals surface area contributed by atoms with E-state index in [1.807, 2.05) is 50.4 Å². The minimum absolute atomic E-state index is 0.0468. The van der Waals surface area contributed by atoms with Crippen LogP contribution in [0.2, 0.25) is 0 Å². The molecule has 0 aliphatic heterocycles. The molecule has 28 heavy (non-hydrogen) atoms. The van der Waals surface area contributed by atoms with Crippen LogP contribution in [0, 0.1) is 0 Å². The molecule has 0 aromatic heterocycles. The van der Waals surface area contributed by atoms with Crippen LogP contribution in [-0.2, 0) is 16.7 Å². The van der Waals surface area contributed by atoms with Crippen LogP contribution in [0.1, 0.15) is 26.3 Å². The fourth-order valence-corrected chi connectivity index (χ4v) is 3.38. The lowest BCUT2D eigenvalue weighted by atomic mass is 10.2. The summed E-state index contributed by atoms with van der Waals surface area (Å²) < 4.78 is 28.4. The summed E-state index contributed by atoms with van der Waals surface area (Å²) in [4.78, 5) is 15.6. The standard InChI is InChI=1S/C20H26N2O4S2/c1-5-28(24,25)26-18-8-6-7-16(13-18)14-22(15(2)3)20(23)21-17-9-11-19(27-4)12-10-17/h6-13,15H,5,14H2,1-4H3,(H,21,23). The maximum absolute atomic E-state index is 12.8. The number of amides is 2. The molecule has 6 nitrogen and oxygen atoms in total. The molecule has 1 N–H and O–H groups in total. The molecule has 2 rings (SSSR count). The zero-order valence-electron chi connectivity index (χ0n) is 16.5. The van der Waals surface area contributed by atoms with E-state index in [1.54, 1.807) is 34.9 Å². The third-order valence-corrected chi connectivity index (χ3v) is 5.95. The van der Waals surface area contributed by atoms with Crippen molar-refractivity contribution in [1.82, 2.24) is 4.90 Å². The largest absolute Gasteiger partial charge is 0.382 e. The molecule has 8 heteroatoms. The first kappa shape index (κ1) is 22.1. The fraction of sp³-hybridized carbons (Fsp3) is 0.350. The number of hydrogen-bond donors (Lipinski definition) is 1. The zero-order chi connectivity index (χ0) is 20.7. The molecule has 0 heterocycles. The van der Waals surface area contributed by atoms with Crippen LogP contribution < -0.4 is 9.50 Å². The summed E-state index contributed by atoms with van der Waals surface area (Å²) in [5.41, 5.74) is 1.50. The second kappa shape index (κ2) is 9.84. The van der Waals surface area contributed by atoms with Crippen molar-refractivity contribution in [2.24, 2.45) is 0 Å². The lowest BCUT2D eigenvalue weighted by Gasteiger charge is -2.27. The van der Waals surface area contributed by atoms with Crippen LogP contribution in [0.5, 0.6) is 5.75 Å². The van der Waals surface area contributed by atoms with E-state index in [4.69, 9.17) is 4.18 Å². The summed E-state index contributed by atoms with van der Waals surface area (Å²) in [6.45, 7) is 5.71. The van der Waals surface area contributed by atoms with Gasteiger partial charge in [0.25, 0.3) is 0 Å². The molecule has 0 unspecified atom stereocenters. The lowest BCUT2D eigenvalue weighted by Crippen LogP contribution is -2.39. The number of nitrogens with one attached hydrogen (secondary N) is 1. The third kappa shape index (κ3) is 6.45. The zero-order valence-corrected chi connectivity index (χ0v) is 18.1. The van der Waals surface area contributed by atoms with Gasteiger partial charge >= 0.3 is 16.1 Å². The minimum atomic E-state index is -3.59. The maximum atomic E-state index is 12.8. The highest BCUT2D eigenvalue weighted by molar-refractivity contribution is 7.98. The Bertz CT molecular complexity index is 897. The van der Waals surface area contributed by atoms with Crippen LogP contribution >= 0.6 is 11.8 Å². The quantitative estimate of drug-likeness (QED) is 0.498. The summed E-state index contributed by atoms with van der Waals surface area (Å²) in [6, 6.07) is 14.2. The van der Waals surface area contributed by atoms with Gasteiger partial charge in [-0.3, -0.25) is 0 Å². The number of urea groups is 1. The van der Waals surface area contributed by atoms with E-state index in [-0.39, 0.29) is 23.6 Å². The summed E-state index contributed by atoms with van der Waals surface area (Å²) in [6.07, 6.45) is 2.00. The van der Waals surface area contributed by atoms with Crippen LogP contribution in [0.4, 0.5) is 10.5 Å². The summed E-state index contributed by atoms with van der Waals surface area (Å²) >= 11 is 1.64. The van der Waals surface area contributed by atoms with Crippen molar-refractivity contribution < 1.29 is 17.4 Å². The first-order chi connectivity index (χ1) is 13.2. The topological polar surface area (TPSA) is 75.7 Å². The third-order valence-electron chi connectivity index (χ3n) is 4.05. The van der Waals surface area contributed by atoms with Gasteiger partial charge in [0.1, 0.15) is 5.75 Å². The summed E-state index contributed by atoms with van der Waals surface area (Å²) in [5.74, 6) is 0.142. The number of thioether (sulfide) groups is 1. The number of carbonyl (C=O) groups is 1. The molecule has 0 bridgehead atoms. The van der Waals surface area contributed by atoms with Gasteiger partial charge in [0.2, 0.25) is 0 Å². The first-order valence-corrected chi connectivity index (χ1v) is 11.8. The Morgan fingerprint density at radius 1 is 1.18 bits per heavy atom. The van der Waals surface area contributed by atoms with Crippen LogP contribution in [0.15, 0.2) is 53.4 Å². The molecule has 2 amide bonds. The average molecular weight is 423 g/mol. The van der Waals surface area contributed by atoms with Gasteiger partial charge in [0.15, 0.2) is 0 Å². The smallest absolute Gasteiger partial charge is 0.322 e. The normalized spacial score (nSPS) is 11.3. The number of carbonyl (C=O) groups excluding carboxylic acids is 1. The molecule has 0 aliphatic rings. The van der Waals surface area contributed by atoms with Crippen molar-refractivity contribution in [3.05, 3.63) is 54.1 Å². The SMILES string of the molecule is CCS(=O)(=O)Oc1cccc(CN(C(=O)Nc2ccc(SC)cc2)C(C)C)c1. The van der Waals surface area contributed by atoms with E-state index in [2.05, 4.69) is 5.32 Å². The van der Waals surface area contributed by atoms with E-state index in [1.165, 1.54) is 6.92 Å². The van der Waals surface area contributed by atoms with Crippen molar-refractivity contribution in [3.63, 3.8) is 0 Å². The van der Waals surface area contributed by atoms with Crippen molar-refractivity contribution >= 4 is 33.6 Å². The Balaban J connectivity index is 2.12. The average Bonchev–Trinajstić information content (AvgIpc) is 2.66. The summed E-state index contributed by atoms with van der Waals surface area (Å²) in [5, 5.41) is 2.91. The van der Waals surface area contributed by atoms with Crippen LogP contribution in [0.3, 0.4) is 0 Å². The van der Waals surface area contributed by atoms with Gasteiger partial charge in [-0.25, -0.2) is 4.79 Å². The highest BCUT2D eigenvalue weighted by Gasteiger charge is 2.18. The fourth-order valence-electron chi connectivity index (χ4n) is 2.46. The number of rotatable bonds is 8. The number of hydrogen-bond acceptors (Lipinski definition) is 5. The number of anilines is 1. The Labute approximate surface area is 171 Å². The Hall–Kier alpha value is -2.19. The molecule has 0 fully saturated rings. The van der Waals surface area contributed by atoms with Gasteiger partial charge in [-0.05, 0) is 69.0 Å². The van der Waals surface area contributed by atoms with E-state index in [0.717, 1.165) is 16.1 Å². The molecule has 2 aromatic carbocycles. The minimum Gasteiger partial charge on any atom is -0.382 e. The Morgan fingerprint density at radius 2 is 1.86 bits per heavy atom. The van der Waals surface area contributed by atoms with E-state index < -0.39 is 10.1 Å². The van der Waals surface area contributed by atoms with Gasteiger partial charge in [-0.1, -0.05) is 12.1 Å². The molecule has 0 spiro atoms. The van der Waals surface area contributed by atoms with Gasteiger partial charge in [-0.2, -0.15) is 8.42 Å². The van der Waals surface area contributed by atoms with E-state index in [0.29, 0.717) is 6.54 Å². The maximum Gasteiger partial charge on any atom is 0.322 e. The highest BCUT2D eigenvalue weighted by atomic mass is 32.2. The van der Waals surface area contributed by atoms with Gasteiger partial charge in [0.05, 0.1) is 5.75 Å². The number of benzene rings is 2. The number of nitrogens with zero attached hydrogens (tertiary/aromatic N) is 1. The lowest BCUT2D eigenvalue weighted by molar-refractivity contribution is 0.193. The summed E-state index contributed by atoms with van der Waals surface area (Å²) in [7, 11) is -3.59. The van der Waals surface area contributed by atoms with Gasteiger partial charge in [0, 0.05) is 23.2 Å². The molecule has 0 saturated heterocycles. The molecular formula is C20H26N2O4S2. The molecule has 0 radical (unpaired) electrons. The predicted molar refractivity (Wildman–Crippen MR) is 114 cm³/mol. The first-order valence-electron chi connectivity index (χ1n) is 8.97. The molecule has 0 atom stereocenters. The molecule has 152 valence electrons. The second-order valence-corrected chi connectivity index (χ2v) is 9.20. The van der Waals surface area contributed by atoms with Crippen LogP contribution in [-0.4, -0.2) is 37.4 Å². The molecule has 0 aliphatic carbocycles. The van der Waals surface area contributed by atoms with Crippen molar-refractivity contribution in [1.29, 1.82) is 0 Å². The van der Waals surface area contributed by atoms with Crippen molar-refractivity contribution in [2.75, 3.05) is 17.3 Å². The monoisotopic (exact) mass is 422 g/mol. The van der Waals surface area contributed by atoms with Gasteiger partial charge < -0.3 is 14.4 Å². The van der Waals surface area contributed by atoms with Crippen molar-refractivity contribution in [3.8, 4) is 5.75 Å². The van der Waals surface area contributed by atoms with E-state index in [9.17, 15) is 13.2 Å². The van der Waals surface area contributed by atoms with Crippen LogP contribution in [0.25, 0.3) is 0 Å².